The molecule has 2 rings (SSSR count). The van der Waals surface area contributed by atoms with Gasteiger partial charge in [-0.1, -0.05) is 30.2 Å². The molecule has 19 heavy (non-hydrogen) atoms. The van der Waals surface area contributed by atoms with E-state index >= 15 is 0 Å². The fraction of sp³-hybridized carbons (Fsp3) is 0.562. The Kier molecular flexibility index (Phi) is 4.59. The van der Waals surface area contributed by atoms with E-state index in [2.05, 4.69) is 36.9 Å². The lowest BCUT2D eigenvalue weighted by atomic mass is 9.97. The third-order valence-corrected chi connectivity index (χ3v) is 4.03. The van der Waals surface area contributed by atoms with Gasteiger partial charge in [0, 0.05) is 0 Å². The minimum absolute atomic E-state index is 0.373. The van der Waals surface area contributed by atoms with Gasteiger partial charge in [-0.3, -0.25) is 9.69 Å². The quantitative estimate of drug-likeness (QED) is 0.906. The average Bonchev–Trinajstić information content (AvgIpc) is 2.38. The summed E-state index contributed by atoms with van der Waals surface area (Å²) in [4.78, 5) is 13.7. The summed E-state index contributed by atoms with van der Waals surface area (Å²) < 4.78 is 0. The van der Waals surface area contributed by atoms with E-state index in [9.17, 15) is 9.90 Å². The van der Waals surface area contributed by atoms with Crippen LogP contribution in [0.25, 0.3) is 0 Å². The van der Waals surface area contributed by atoms with E-state index in [0.717, 1.165) is 31.5 Å². The number of hydrogen-bond acceptors (Lipinski definition) is 2. The predicted molar refractivity (Wildman–Crippen MR) is 76.5 cm³/mol. The van der Waals surface area contributed by atoms with Gasteiger partial charge in [-0.2, -0.15) is 0 Å². The van der Waals surface area contributed by atoms with Crippen LogP contribution < -0.4 is 0 Å². The minimum atomic E-state index is -0.693. The molecule has 1 fully saturated rings. The van der Waals surface area contributed by atoms with Crippen molar-refractivity contribution in [2.75, 3.05) is 13.1 Å². The van der Waals surface area contributed by atoms with E-state index in [1.807, 2.05) is 0 Å². The molecular weight excluding hydrogens is 238 g/mol. The Labute approximate surface area is 115 Å². The summed E-state index contributed by atoms with van der Waals surface area (Å²) in [7, 11) is 0. The second kappa shape index (κ2) is 6.20. The van der Waals surface area contributed by atoms with E-state index in [0.29, 0.717) is 6.42 Å². The highest BCUT2D eigenvalue weighted by molar-refractivity contribution is 5.74. The van der Waals surface area contributed by atoms with Gasteiger partial charge in [0.2, 0.25) is 0 Å². The number of benzene rings is 1. The van der Waals surface area contributed by atoms with Crippen LogP contribution in [0.2, 0.25) is 0 Å². The number of carboxylic acids is 1. The molecule has 0 aliphatic carbocycles. The minimum Gasteiger partial charge on any atom is -0.480 e. The first-order valence-corrected chi connectivity index (χ1v) is 7.11. The molecule has 1 aliphatic heterocycles. The zero-order valence-electron chi connectivity index (χ0n) is 11.9. The first kappa shape index (κ1) is 14.1. The van der Waals surface area contributed by atoms with E-state index in [4.69, 9.17) is 0 Å². The summed E-state index contributed by atoms with van der Waals surface area (Å²) in [5, 5.41) is 9.49. The SMILES string of the molecule is Cc1ccc(CC(C(=O)O)N2CCCCC2)c(C)c1. The highest BCUT2D eigenvalue weighted by atomic mass is 16.4. The molecule has 1 saturated heterocycles. The van der Waals surface area contributed by atoms with E-state index in [-0.39, 0.29) is 6.04 Å². The van der Waals surface area contributed by atoms with Crippen molar-refractivity contribution in [3.8, 4) is 0 Å². The Morgan fingerprint density at radius 2 is 1.95 bits per heavy atom. The van der Waals surface area contributed by atoms with Crippen molar-refractivity contribution in [1.29, 1.82) is 0 Å². The fourth-order valence-corrected chi connectivity index (χ4v) is 2.89. The number of nitrogens with zero attached hydrogens (tertiary/aromatic N) is 1. The zero-order valence-corrected chi connectivity index (χ0v) is 11.9. The molecule has 0 bridgehead atoms. The number of carboxylic acid groups (broad SMARTS) is 1. The zero-order chi connectivity index (χ0) is 13.8. The fourth-order valence-electron chi connectivity index (χ4n) is 2.89. The van der Waals surface area contributed by atoms with E-state index < -0.39 is 5.97 Å². The maximum absolute atomic E-state index is 11.5. The lowest BCUT2D eigenvalue weighted by molar-refractivity contribution is -0.143. The number of piperidine rings is 1. The standard InChI is InChI=1S/C16H23NO2/c1-12-6-7-14(13(2)10-12)11-15(16(18)19)17-8-4-3-5-9-17/h6-7,10,15H,3-5,8-9,11H2,1-2H3,(H,18,19). The predicted octanol–water partition coefficient (Wildman–Crippen LogP) is 2.79. The van der Waals surface area contributed by atoms with Crippen molar-refractivity contribution >= 4 is 5.97 Å². The van der Waals surface area contributed by atoms with E-state index in [1.54, 1.807) is 0 Å². The normalized spacial score (nSPS) is 18.2. The van der Waals surface area contributed by atoms with Gasteiger partial charge in [0.05, 0.1) is 0 Å². The Hall–Kier alpha value is -1.35. The second-order valence-corrected chi connectivity index (χ2v) is 5.58. The van der Waals surface area contributed by atoms with Gasteiger partial charge < -0.3 is 5.11 Å². The number of hydrogen-bond donors (Lipinski definition) is 1. The Morgan fingerprint density at radius 3 is 2.53 bits per heavy atom. The lowest BCUT2D eigenvalue weighted by Gasteiger charge is -2.32. The van der Waals surface area contributed by atoms with Crippen molar-refractivity contribution in [2.45, 2.75) is 45.6 Å². The van der Waals surface area contributed by atoms with Crippen LogP contribution >= 0.6 is 0 Å². The molecule has 1 unspecified atom stereocenters. The largest absolute Gasteiger partial charge is 0.480 e. The summed E-state index contributed by atoms with van der Waals surface area (Å²) in [5.41, 5.74) is 3.58. The van der Waals surface area contributed by atoms with Crippen molar-refractivity contribution in [3.63, 3.8) is 0 Å². The Bertz CT molecular complexity index is 450. The molecule has 3 nitrogen and oxygen atoms in total. The summed E-state index contributed by atoms with van der Waals surface area (Å²) in [6, 6.07) is 5.90. The number of aliphatic carboxylic acids is 1. The van der Waals surface area contributed by atoms with Gasteiger partial charge in [-0.15, -0.1) is 0 Å². The van der Waals surface area contributed by atoms with Crippen molar-refractivity contribution in [2.24, 2.45) is 0 Å². The number of likely N-dealkylation sites (tertiary alicyclic amines) is 1. The summed E-state index contributed by atoms with van der Waals surface area (Å²) in [5.74, 6) is -0.693. The first-order chi connectivity index (χ1) is 9.08. The van der Waals surface area contributed by atoms with Crippen LogP contribution in [-0.2, 0) is 11.2 Å². The maximum Gasteiger partial charge on any atom is 0.321 e. The molecule has 104 valence electrons. The second-order valence-electron chi connectivity index (χ2n) is 5.58. The summed E-state index contributed by atoms with van der Waals surface area (Å²) in [6.45, 7) is 5.97. The summed E-state index contributed by atoms with van der Waals surface area (Å²) >= 11 is 0. The molecule has 0 amide bonds. The van der Waals surface area contributed by atoms with Crippen LogP contribution in [0, 0.1) is 13.8 Å². The lowest BCUT2D eigenvalue weighted by Crippen LogP contribution is -2.45. The van der Waals surface area contributed by atoms with Crippen molar-refractivity contribution in [1.82, 2.24) is 4.90 Å². The third kappa shape index (κ3) is 3.57. The molecule has 1 atom stereocenters. The van der Waals surface area contributed by atoms with E-state index in [1.165, 1.54) is 17.5 Å². The summed E-state index contributed by atoms with van der Waals surface area (Å²) in [6.07, 6.45) is 4.08. The monoisotopic (exact) mass is 261 g/mol. The molecule has 0 spiro atoms. The topological polar surface area (TPSA) is 40.5 Å². The molecule has 3 heteroatoms. The molecule has 1 heterocycles. The van der Waals surface area contributed by atoms with Crippen LogP contribution in [0.15, 0.2) is 18.2 Å². The Morgan fingerprint density at radius 1 is 1.26 bits per heavy atom. The van der Waals surface area contributed by atoms with Crippen LogP contribution in [0.1, 0.15) is 36.0 Å². The van der Waals surface area contributed by atoms with Gasteiger partial charge in [0.1, 0.15) is 6.04 Å². The molecule has 1 aromatic rings. The van der Waals surface area contributed by atoms with Gasteiger partial charge in [0.15, 0.2) is 0 Å². The van der Waals surface area contributed by atoms with Crippen LogP contribution in [0.3, 0.4) is 0 Å². The van der Waals surface area contributed by atoms with Gasteiger partial charge in [-0.25, -0.2) is 0 Å². The molecular formula is C16H23NO2. The third-order valence-electron chi connectivity index (χ3n) is 4.03. The van der Waals surface area contributed by atoms with Crippen molar-refractivity contribution < 1.29 is 9.90 Å². The number of rotatable bonds is 4. The highest BCUT2D eigenvalue weighted by Crippen LogP contribution is 2.18. The Balaban J connectivity index is 2.13. The number of aryl methyl sites for hydroxylation is 2. The number of carbonyl (C=O) groups is 1. The molecule has 1 N–H and O–H groups in total. The highest BCUT2D eigenvalue weighted by Gasteiger charge is 2.27. The van der Waals surface area contributed by atoms with Gasteiger partial charge in [0.25, 0.3) is 0 Å². The molecule has 0 radical (unpaired) electrons. The smallest absolute Gasteiger partial charge is 0.321 e. The van der Waals surface area contributed by atoms with Gasteiger partial charge >= 0.3 is 5.97 Å². The maximum atomic E-state index is 11.5. The van der Waals surface area contributed by atoms with Gasteiger partial charge in [-0.05, 0) is 57.3 Å². The molecule has 0 aromatic heterocycles. The average molecular weight is 261 g/mol. The van der Waals surface area contributed by atoms with Crippen molar-refractivity contribution in [3.05, 3.63) is 34.9 Å². The molecule has 0 saturated carbocycles. The first-order valence-electron chi connectivity index (χ1n) is 7.11. The van der Waals surface area contributed by atoms with Crippen LogP contribution in [0.5, 0.6) is 0 Å². The molecule has 1 aliphatic rings. The molecule has 1 aromatic carbocycles. The van der Waals surface area contributed by atoms with Crippen LogP contribution in [-0.4, -0.2) is 35.1 Å². The van der Waals surface area contributed by atoms with Crippen LogP contribution in [0.4, 0.5) is 0 Å².